The molecule has 0 aliphatic carbocycles. The minimum atomic E-state index is -0.333. The number of hydrogen-bond acceptors (Lipinski definition) is 5. The van der Waals surface area contributed by atoms with Crippen molar-refractivity contribution in [3.05, 3.63) is 53.0 Å². The minimum absolute atomic E-state index is 0.150. The maximum Gasteiger partial charge on any atom is 0.226 e. The molecule has 0 saturated carbocycles. The van der Waals surface area contributed by atoms with Crippen molar-refractivity contribution in [3.8, 4) is 11.3 Å². The number of carbonyl (C=O) groups is 1. The Balaban J connectivity index is 1.55. The average Bonchev–Trinajstić information content (AvgIpc) is 3.23. The topological polar surface area (TPSA) is 68.0 Å². The first kappa shape index (κ1) is 17.3. The van der Waals surface area contributed by atoms with E-state index in [9.17, 15) is 9.18 Å². The highest BCUT2D eigenvalue weighted by atomic mass is 32.1. The smallest absolute Gasteiger partial charge is 0.226 e. The Morgan fingerprint density at radius 1 is 1.20 bits per heavy atom. The van der Waals surface area contributed by atoms with Crippen molar-refractivity contribution < 1.29 is 13.6 Å². The summed E-state index contributed by atoms with van der Waals surface area (Å²) in [6, 6.07) is 9.91. The van der Waals surface area contributed by atoms with E-state index in [2.05, 4.69) is 22.4 Å². The van der Waals surface area contributed by atoms with E-state index in [-0.39, 0.29) is 18.1 Å². The predicted molar refractivity (Wildman–Crippen MR) is 95.0 cm³/mol. The molecule has 3 rings (SSSR count). The van der Waals surface area contributed by atoms with Crippen LogP contribution in [0.5, 0.6) is 0 Å². The third-order valence-corrected chi connectivity index (χ3v) is 4.47. The number of aryl methyl sites for hydroxylation is 2. The highest BCUT2D eigenvalue weighted by molar-refractivity contribution is 7.15. The van der Waals surface area contributed by atoms with E-state index in [4.69, 9.17) is 4.42 Å². The number of benzene rings is 1. The molecule has 0 spiro atoms. The van der Waals surface area contributed by atoms with Crippen molar-refractivity contribution >= 4 is 22.4 Å². The molecule has 25 heavy (non-hydrogen) atoms. The van der Waals surface area contributed by atoms with Crippen LogP contribution < -0.4 is 5.32 Å². The number of nitrogens with zero attached hydrogens (tertiary/aromatic N) is 2. The number of carbonyl (C=O) groups excluding carboxylic acids is 1. The molecule has 0 radical (unpaired) electrons. The lowest BCUT2D eigenvalue weighted by Crippen LogP contribution is -2.11. The molecule has 0 aliphatic heterocycles. The molecule has 0 unspecified atom stereocenters. The lowest BCUT2D eigenvalue weighted by atomic mass is 10.1. The Kier molecular flexibility index (Phi) is 5.55. The molecule has 0 atom stereocenters. The van der Waals surface area contributed by atoms with Gasteiger partial charge in [0.25, 0.3) is 0 Å². The molecule has 1 amide bonds. The molecule has 2 heterocycles. The van der Waals surface area contributed by atoms with E-state index in [0.717, 1.165) is 17.8 Å². The summed E-state index contributed by atoms with van der Waals surface area (Å²) in [6.45, 7) is 2.07. The summed E-state index contributed by atoms with van der Waals surface area (Å²) in [5, 5.41) is 12.1. The van der Waals surface area contributed by atoms with E-state index in [1.54, 1.807) is 30.3 Å². The van der Waals surface area contributed by atoms with Gasteiger partial charge < -0.3 is 9.73 Å². The molecule has 3 aromatic rings. The van der Waals surface area contributed by atoms with Gasteiger partial charge in [-0.1, -0.05) is 30.4 Å². The lowest BCUT2D eigenvalue weighted by molar-refractivity contribution is -0.116. The van der Waals surface area contributed by atoms with Gasteiger partial charge in [-0.2, -0.15) is 0 Å². The number of aromatic nitrogens is 2. The molecule has 2 aromatic heterocycles. The molecule has 1 aromatic carbocycles. The van der Waals surface area contributed by atoms with Gasteiger partial charge in [0.05, 0.1) is 5.56 Å². The van der Waals surface area contributed by atoms with Crippen molar-refractivity contribution in [2.24, 2.45) is 0 Å². The van der Waals surface area contributed by atoms with Gasteiger partial charge in [-0.25, -0.2) is 4.39 Å². The number of furan rings is 1. The third kappa shape index (κ3) is 4.51. The fraction of sp³-hybridized carbons (Fsp3) is 0.278. The highest BCUT2D eigenvalue weighted by Crippen LogP contribution is 2.25. The Labute approximate surface area is 148 Å². The van der Waals surface area contributed by atoms with Gasteiger partial charge in [-0.05, 0) is 30.7 Å². The van der Waals surface area contributed by atoms with Crippen LogP contribution in [0.4, 0.5) is 9.52 Å². The van der Waals surface area contributed by atoms with Crippen molar-refractivity contribution in [1.29, 1.82) is 0 Å². The predicted octanol–water partition coefficient (Wildman–Crippen LogP) is 4.46. The van der Waals surface area contributed by atoms with Gasteiger partial charge in [0.1, 0.15) is 22.3 Å². The number of halogens is 1. The van der Waals surface area contributed by atoms with Crippen molar-refractivity contribution in [2.75, 3.05) is 5.32 Å². The average molecular weight is 359 g/mol. The standard InChI is InChI=1S/C18H18FN3O2S/c1-2-5-17-21-22-18(25-17)20-16(23)11-9-12-8-10-15(24-12)13-6-3-4-7-14(13)19/h3-4,6-8,10H,2,5,9,11H2,1H3,(H,20,22,23). The normalized spacial score (nSPS) is 10.8. The van der Waals surface area contributed by atoms with Crippen LogP contribution in [0.3, 0.4) is 0 Å². The number of amides is 1. The van der Waals surface area contributed by atoms with Crippen molar-refractivity contribution in [1.82, 2.24) is 10.2 Å². The number of rotatable bonds is 7. The Hall–Kier alpha value is -2.54. The van der Waals surface area contributed by atoms with Crippen LogP contribution in [0.1, 0.15) is 30.5 Å². The summed E-state index contributed by atoms with van der Waals surface area (Å²) < 4.78 is 19.4. The molecule has 130 valence electrons. The number of nitrogens with one attached hydrogen (secondary N) is 1. The van der Waals surface area contributed by atoms with Crippen LogP contribution >= 0.6 is 11.3 Å². The molecule has 1 N–H and O–H groups in total. The van der Waals surface area contributed by atoms with Crippen LogP contribution in [0.15, 0.2) is 40.8 Å². The second-order valence-corrected chi connectivity index (χ2v) is 6.61. The van der Waals surface area contributed by atoms with Crippen LogP contribution in [0, 0.1) is 5.82 Å². The maximum atomic E-state index is 13.8. The van der Waals surface area contributed by atoms with E-state index < -0.39 is 0 Å². The Bertz CT molecular complexity index is 859. The first-order valence-electron chi connectivity index (χ1n) is 8.11. The summed E-state index contributed by atoms with van der Waals surface area (Å²) >= 11 is 1.39. The Morgan fingerprint density at radius 2 is 2.04 bits per heavy atom. The van der Waals surface area contributed by atoms with Gasteiger partial charge >= 0.3 is 0 Å². The molecule has 0 bridgehead atoms. The zero-order valence-electron chi connectivity index (χ0n) is 13.8. The van der Waals surface area contributed by atoms with Crippen molar-refractivity contribution in [2.45, 2.75) is 32.6 Å². The van der Waals surface area contributed by atoms with E-state index >= 15 is 0 Å². The molecule has 0 saturated heterocycles. The second-order valence-electron chi connectivity index (χ2n) is 5.54. The molecule has 7 heteroatoms. The zero-order valence-corrected chi connectivity index (χ0v) is 14.6. The highest BCUT2D eigenvalue weighted by Gasteiger charge is 2.12. The summed E-state index contributed by atoms with van der Waals surface area (Å²) in [6.07, 6.45) is 2.54. The third-order valence-electron chi connectivity index (χ3n) is 3.58. The zero-order chi connectivity index (χ0) is 17.6. The first-order valence-corrected chi connectivity index (χ1v) is 8.93. The minimum Gasteiger partial charge on any atom is -0.461 e. The van der Waals surface area contributed by atoms with Gasteiger partial charge in [-0.3, -0.25) is 4.79 Å². The number of anilines is 1. The van der Waals surface area contributed by atoms with Gasteiger partial charge in [-0.15, -0.1) is 10.2 Å². The Morgan fingerprint density at radius 3 is 2.84 bits per heavy atom. The van der Waals surface area contributed by atoms with Crippen molar-refractivity contribution in [3.63, 3.8) is 0 Å². The van der Waals surface area contributed by atoms with Crippen LogP contribution in [0.25, 0.3) is 11.3 Å². The quantitative estimate of drug-likeness (QED) is 0.676. The summed E-state index contributed by atoms with van der Waals surface area (Å²) in [5.41, 5.74) is 0.413. The fourth-order valence-corrected chi connectivity index (χ4v) is 3.21. The van der Waals surface area contributed by atoms with Crippen LogP contribution in [-0.2, 0) is 17.6 Å². The first-order chi connectivity index (χ1) is 12.2. The summed E-state index contributed by atoms with van der Waals surface area (Å²) in [5.74, 6) is 0.613. The van der Waals surface area contributed by atoms with Gasteiger partial charge in [0, 0.05) is 19.3 Å². The summed E-state index contributed by atoms with van der Waals surface area (Å²) in [4.78, 5) is 12.0. The van der Waals surface area contributed by atoms with Crippen LogP contribution in [-0.4, -0.2) is 16.1 Å². The van der Waals surface area contributed by atoms with Crippen LogP contribution in [0.2, 0.25) is 0 Å². The molecule has 0 aliphatic rings. The monoisotopic (exact) mass is 359 g/mol. The van der Waals surface area contributed by atoms with Gasteiger partial charge in [0.15, 0.2) is 0 Å². The van der Waals surface area contributed by atoms with E-state index in [1.165, 1.54) is 17.4 Å². The molecular formula is C18H18FN3O2S. The molecule has 5 nitrogen and oxygen atoms in total. The number of hydrogen-bond donors (Lipinski definition) is 1. The largest absolute Gasteiger partial charge is 0.461 e. The maximum absolute atomic E-state index is 13.8. The molecule has 0 fully saturated rings. The lowest BCUT2D eigenvalue weighted by Gasteiger charge is -2.00. The SMILES string of the molecule is CCCc1nnc(NC(=O)CCc2ccc(-c3ccccc3F)o2)s1. The summed E-state index contributed by atoms with van der Waals surface area (Å²) in [7, 11) is 0. The van der Waals surface area contributed by atoms with Gasteiger partial charge in [0.2, 0.25) is 11.0 Å². The van der Waals surface area contributed by atoms with E-state index in [1.807, 2.05) is 0 Å². The fourth-order valence-electron chi connectivity index (χ4n) is 2.36. The molecular weight excluding hydrogens is 341 g/mol. The van der Waals surface area contributed by atoms with E-state index in [0.29, 0.717) is 28.6 Å². The second kappa shape index (κ2) is 8.02.